The van der Waals surface area contributed by atoms with Crippen LogP contribution >= 0.6 is 0 Å². The standard InChI is InChI=1S/C12H16O3/c1-9(13)5-4-8-12(2)10(14)6-3-7-11(12)15/h4-5H,3,6-8H2,1-2H3/b5-4-. The first kappa shape index (κ1) is 11.8. The van der Waals surface area contributed by atoms with Crippen molar-refractivity contribution in [3.05, 3.63) is 12.2 Å². The maximum absolute atomic E-state index is 11.7. The summed E-state index contributed by atoms with van der Waals surface area (Å²) in [5.74, 6) is -0.0480. The van der Waals surface area contributed by atoms with Gasteiger partial charge in [-0.1, -0.05) is 6.08 Å². The van der Waals surface area contributed by atoms with Crippen LogP contribution in [-0.2, 0) is 14.4 Å². The van der Waals surface area contributed by atoms with Gasteiger partial charge < -0.3 is 0 Å². The maximum atomic E-state index is 11.7. The van der Waals surface area contributed by atoms with Crippen molar-refractivity contribution in [2.24, 2.45) is 5.41 Å². The largest absolute Gasteiger partial charge is 0.299 e. The molecule has 1 rings (SSSR count). The third kappa shape index (κ3) is 2.61. The van der Waals surface area contributed by atoms with Gasteiger partial charge in [0, 0.05) is 12.8 Å². The molecule has 0 aromatic rings. The normalized spacial score (nSPS) is 20.9. The Kier molecular flexibility index (Phi) is 3.56. The van der Waals surface area contributed by atoms with Crippen molar-refractivity contribution in [3.63, 3.8) is 0 Å². The SMILES string of the molecule is CC(=O)/C=C\CC1(C)C(=O)CCCC1=O. The molecule has 0 N–H and O–H groups in total. The topological polar surface area (TPSA) is 51.2 Å². The summed E-state index contributed by atoms with van der Waals surface area (Å²) in [6, 6.07) is 0. The number of Topliss-reactive ketones (excluding diaryl/α,β-unsaturated/α-hetero) is 2. The number of hydrogen-bond donors (Lipinski definition) is 0. The van der Waals surface area contributed by atoms with Crippen LogP contribution in [0.15, 0.2) is 12.2 Å². The second kappa shape index (κ2) is 4.51. The Morgan fingerprint density at radius 1 is 1.33 bits per heavy atom. The second-order valence-corrected chi connectivity index (χ2v) is 4.25. The van der Waals surface area contributed by atoms with E-state index in [9.17, 15) is 14.4 Å². The Hall–Kier alpha value is -1.25. The molecule has 0 heterocycles. The van der Waals surface area contributed by atoms with Crippen molar-refractivity contribution in [2.75, 3.05) is 0 Å². The third-order valence-corrected chi connectivity index (χ3v) is 2.92. The Bertz CT molecular complexity index is 310. The summed E-state index contributed by atoms with van der Waals surface area (Å²) in [5.41, 5.74) is -0.885. The summed E-state index contributed by atoms with van der Waals surface area (Å²) in [5, 5.41) is 0. The molecule has 0 aromatic carbocycles. The maximum Gasteiger partial charge on any atom is 0.152 e. The van der Waals surface area contributed by atoms with Gasteiger partial charge in [0.05, 0.1) is 5.41 Å². The third-order valence-electron chi connectivity index (χ3n) is 2.92. The lowest BCUT2D eigenvalue weighted by atomic mass is 9.71. The predicted octanol–water partition coefficient (Wildman–Crippen LogP) is 1.85. The first-order valence-electron chi connectivity index (χ1n) is 5.20. The summed E-state index contributed by atoms with van der Waals surface area (Å²) in [6.07, 6.45) is 5.03. The van der Waals surface area contributed by atoms with E-state index in [1.54, 1.807) is 13.0 Å². The van der Waals surface area contributed by atoms with E-state index in [1.807, 2.05) is 0 Å². The molecule has 1 fully saturated rings. The van der Waals surface area contributed by atoms with E-state index in [2.05, 4.69) is 0 Å². The molecule has 0 aliphatic heterocycles. The van der Waals surface area contributed by atoms with E-state index in [-0.39, 0.29) is 17.3 Å². The van der Waals surface area contributed by atoms with Gasteiger partial charge in [-0.25, -0.2) is 0 Å². The van der Waals surface area contributed by atoms with E-state index < -0.39 is 5.41 Å². The fraction of sp³-hybridized carbons (Fsp3) is 0.583. The minimum atomic E-state index is -0.885. The highest BCUT2D eigenvalue weighted by atomic mass is 16.2. The van der Waals surface area contributed by atoms with E-state index in [0.29, 0.717) is 25.7 Å². The van der Waals surface area contributed by atoms with Crippen LogP contribution in [0.3, 0.4) is 0 Å². The predicted molar refractivity (Wildman–Crippen MR) is 56.4 cm³/mol. The summed E-state index contributed by atoms with van der Waals surface area (Å²) in [4.78, 5) is 34.0. The van der Waals surface area contributed by atoms with Gasteiger partial charge in [0.15, 0.2) is 5.78 Å². The number of allylic oxidation sites excluding steroid dienone is 2. The molecule has 0 saturated heterocycles. The van der Waals surface area contributed by atoms with Crippen molar-refractivity contribution in [2.45, 2.75) is 39.5 Å². The Balaban J connectivity index is 2.74. The highest BCUT2D eigenvalue weighted by molar-refractivity contribution is 6.08. The van der Waals surface area contributed by atoms with E-state index in [0.717, 1.165) is 0 Å². The van der Waals surface area contributed by atoms with Gasteiger partial charge in [-0.05, 0) is 32.8 Å². The van der Waals surface area contributed by atoms with Gasteiger partial charge >= 0.3 is 0 Å². The molecular formula is C12H16O3. The van der Waals surface area contributed by atoms with E-state index >= 15 is 0 Å². The second-order valence-electron chi connectivity index (χ2n) is 4.25. The molecule has 0 spiro atoms. The fourth-order valence-corrected chi connectivity index (χ4v) is 1.81. The van der Waals surface area contributed by atoms with Gasteiger partial charge in [0.25, 0.3) is 0 Å². The molecule has 3 heteroatoms. The fourth-order valence-electron chi connectivity index (χ4n) is 1.81. The number of carbonyl (C=O) groups is 3. The molecule has 15 heavy (non-hydrogen) atoms. The molecule has 0 amide bonds. The smallest absolute Gasteiger partial charge is 0.152 e. The molecule has 1 saturated carbocycles. The zero-order valence-corrected chi connectivity index (χ0v) is 9.21. The van der Waals surface area contributed by atoms with Gasteiger partial charge in [0.1, 0.15) is 11.6 Å². The zero-order valence-electron chi connectivity index (χ0n) is 9.21. The molecule has 0 aromatic heterocycles. The van der Waals surface area contributed by atoms with E-state index in [1.165, 1.54) is 13.0 Å². The molecule has 1 aliphatic rings. The zero-order chi connectivity index (χ0) is 11.5. The molecule has 0 radical (unpaired) electrons. The monoisotopic (exact) mass is 208 g/mol. The van der Waals surface area contributed by atoms with Crippen LogP contribution in [0.2, 0.25) is 0 Å². The van der Waals surface area contributed by atoms with Crippen LogP contribution in [-0.4, -0.2) is 17.3 Å². The van der Waals surface area contributed by atoms with Gasteiger partial charge in [-0.15, -0.1) is 0 Å². The highest BCUT2D eigenvalue weighted by Crippen LogP contribution is 2.33. The lowest BCUT2D eigenvalue weighted by Crippen LogP contribution is -2.39. The van der Waals surface area contributed by atoms with E-state index in [4.69, 9.17) is 0 Å². The summed E-state index contributed by atoms with van der Waals surface area (Å²) in [6.45, 7) is 3.13. The van der Waals surface area contributed by atoms with Gasteiger partial charge in [-0.3, -0.25) is 14.4 Å². The van der Waals surface area contributed by atoms with Gasteiger partial charge in [-0.2, -0.15) is 0 Å². The van der Waals surface area contributed by atoms with Crippen LogP contribution in [0.25, 0.3) is 0 Å². The highest BCUT2D eigenvalue weighted by Gasteiger charge is 2.41. The Morgan fingerprint density at radius 2 is 1.87 bits per heavy atom. The van der Waals surface area contributed by atoms with Crippen LogP contribution < -0.4 is 0 Å². The van der Waals surface area contributed by atoms with Crippen molar-refractivity contribution < 1.29 is 14.4 Å². The summed E-state index contributed by atoms with van der Waals surface area (Å²) >= 11 is 0. The number of rotatable bonds is 3. The Morgan fingerprint density at radius 3 is 2.33 bits per heavy atom. The molecule has 1 aliphatic carbocycles. The van der Waals surface area contributed by atoms with Crippen molar-refractivity contribution >= 4 is 17.3 Å². The van der Waals surface area contributed by atoms with Crippen LogP contribution in [0.1, 0.15) is 39.5 Å². The number of carbonyl (C=O) groups excluding carboxylic acids is 3. The Labute approximate surface area is 89.5 Å². The first-order valence-corrected chi connectivity index (χ1v) is 5.20. The molecule has 3 nitrogen and oxygen atoms in total. The lowest BCUT2D eigenvalue weighted by Gasteiger charge is -2.29. The van der Waals surface area contributed by atoms with Crippen LogP contribution in [0.5, 0.6) is 0 Å². The van der Waals surface area contributed by atoms with Crippen LogP contribution in [0, 0.1) is 5.41 Å². The first-order chi connectivity index (χ1) is 6.97. The number of hydrogen-bond acceptors (Lipinski definition) is 3. The molecule has 0 atom stereocenters. The number of ketones is 3. The molecule has 82 valence electrons. The minimum Gasteiger partial charge on any atom is -0.299 e. The van der Waals surface area contributed by atoms with Crippen molar-refractivity contribution in [1.29, 1.82) is 0 Å². The summed E-state index contributed by atoms with van der Waals surface area (Å²) < 4.78 is 0. The van der Waals surface area contributed by atoms with Gasteiger partial charge in [0.2, 0.25) is 0 Å². The van der Waals surface area contributed by atoms with Crippen molar-refractivity contribution in [1.82, 2.24) is 0 Å². The quantitative estimate of drug-likeness (QED) is 0.525. The summed E-state index contributed by atoms with van der Waals surface area (Å²) in [7, 11) is 0. The average Bonchev–Trinajstić information content (AvgIpc) is 2.14. The molecular weight excluding hydrogens is 192 g/mol. The van der Waals surface area contributed by atoms with Crippen LogP contribution in [0.4, 0.5) is 0 Å². The lowest BCUT2D eigenvalue weighted by molar-refractivity contribution is -0.142. The molecule has 0 bridgehead atoms. The minimum absolute atomic E-state index is 0.00644. The van der Waals surface area contributed by atoms with Crippen molar-refractivity contribution in [3.8, 4) is 0 Å². The average molecular weight is 208 g/mol. The molecule has 0 unspecified atom stereocenters.